The van der Waals surface area contributed by atoms with Gasteiger partial charge in [-0.15, -0.1) is 0 Å². The fraction of sp³-hybridized carbons (Fsp3) is 0.588. The predicted octanol–water partition coefficient (Wildman–Crippen LogP) is 2.51. The minimum absolute atomic E-state index is 0.0409. The Labute approximate surface area is 126 Å². The molecule has 1 aromatic carbocycles. The summed E-state index contributed by atoms with van der Waals surface area (Å²) in [4.78, 5) is 12.7. The second-order valence-corrected chi connectivity index (χ2v) is 6.44. The Morgan fingerprint density at radius 2 is 2.00 bits per heavy atom. The zero-order valence-corrected chi connectivity index (χ0v) is 13.1. The Kier molecular flexibility index (Phi) is 4.99. The minimum atomic E-state index is -0.295. The Bertz CT molecular complexity index is 478. The molecule has 4 heteroatoms. The second-order valence-electron chi connectivity index (χ2n) is 6.44. The lowest BCUT2D eigenvalue weighted by atomic mass is 9.75. The van der Waals surface area contributed by atoms with Crippen molar-refractivity contribution in [3.05, 3.63) is 35.6 Å². The number of rotatable bonds is 5. The number of amides is 1. The summed E-state index contributed by atoms with van der Waals surface area (Å²) in [5.74, 6) is 0.217. The molecule has 1 aliphatic heterocycles. The van der Waals surface area contributed by atoms with E-state index in [1.54, 1.807) is 12.1 Å². The lowest BCUT2D eigenvalue weighted by molar-refractivity contribution is -0.133. The van der Waals surface area contributed by atoms with Crippen LogP contribution < -0.4 is 10.6 Å². The lowest BCUT2D eigenvalue weighted by Gasteiger charge is -2.32. The van der Waals surface area contributed by atoms with Crippen molar-refractivity contribution in [2.24, 2.45) is 11.3 Å². The van der Waals surface area contributed by atoms with Gasteiger partial charge in [0, 0.05) is 12.6 Å². The van der Waals surface area contributed by atoms with Crippen molar-refractivity contribution in [1.29, 1.82) is 0 Å². The largest absolute Gasteiger partial charge is 0.353 e. The number of nitrogens with one attached hydrogen (secondary N) is 2. The molecule has 3 nitrogen and oxygen atoms in total. The maximum atomic E-state index is 12.9. The van der Waals surface area contributed by atoms with Crippen molar-refractivity contribution < 1.29 is 9.18 Å². The van der Waals surface area contributed by atoms with Gasteiger partial charge in [0.2, 0.25) is 5.91 Å². The van der Waals surface area contributed by atoms with Gasteiger partial charge < -0.3 is 10.6 Å². The van der Waals surface area contributed by atoms with Crippen molar-refractivity contribution >= 4 is 5.91 Å². The average Bonchev–Trinajstić information content (AvgIpc) is 2.92. The van der Waals surface area contributed by atoms with Gasteiger partial charge in [-0.05, 0) is 49.9 Å². The van der Waals surface area contributed by atoms with Crippen LogP contribution in [-0.4, -0.2) is 25.0 Å². The van der Waals surface area contributed by atoms with E-state index in [0.717, 1.165) is 25.1 Å². The Hall–Kier alpha value is -1.42. The molecule has 0 aromatic heterocycles. The van der Waals surface area contributed by atoms with Gasteiger partial charge in [0.1, 0.15) is 5.82 Å². The lowest BCUT2D eigenvalue weighted by Crippen LogP contribution is -2.49. The van der Waals surface area contributed by atoms with Crippen LogP contribution in [0.4, 0.5) is 4.39 Å². The first-order valence-electron chi connectivity index (χ1n) is 7.70. The maximum Gasteiger partial charge on any atom is 0.228 e. The summed E-state index contributed by atoms with van der Waals surface area (Å²) in [6.07, 6.45) is 1.60. The molecule has 0 aliphatic carbocycles. The molecule has 21 heavy (non-hydrogen) atoms. The third-order valence-corrected chi connectivity index (χ3v) is 4.58. The zero-order chi connectivity index (χ0) is 15.5. The highest BCUT2D eigenvalue weighted by atomic mass is 19.1. The van der Waals surface area contributed by atoms with Crippen LogP contribution in [0.15, 0.2) is 24.3 Å². The molecule has 2 atom stereocenters. The van der Waals surface area contributed by atoms with Crippen molar-refractivity contribution in [2.45, 2.75) is 39.7 Å². The van der Waals surface area contributed by atoms with E-state index in [9.17, 15) is 9.18 Å². The van der Waals surface area contributed by atoms with Crippen LogP contribution in [0.1, 0.15) is 32.8 Å². The van der Waals surface area contributed by atoms with Crippen molar-refractivity contribution in [1.82, 2.24) is 10.6 Å². The number of hydrogen-bond donors (Lipinski definition) is 2. The van der Waals surface area contributed by atoms with E-state index in [-0.39, 0.29) is 23.2 Å². The van der Waals surface area contributed by atoms with Crippen molar-refractivity contribution in [3.63, 3.8) is 0 Å². The molecule has 0 saturated carbocycles. The molecule has 1 saturated heterocycles. The number of carbonyl (C=O) groups excluding carboxylic acids is 1. The summed E-state index contributed by atoms with van der Waals surface area (Å²) in [7, 11) is 0. The van der Waals surface area contributed by atoms with E-state index in [1.165, 1.54) is 12.1 Å². The van der Waals surface area contributed by atoms with Gasteiger partial charge in [0.05, 0.1) is 5.41 Å². The molecule has 1 aliphatic rings. The Morgan fingerprint density at radius 3 is 2.52 bits per heavy atom. The normalized spacial score (nSPS) is 23.3. The molecule has 116 valence electrons. The minimum Gasteiger partial charge on any atom is -0.353 e. The van der Waals surface area contributed by atoms with Gasteiger partial charge in [0.25, 0.3) is 0 Å². The van der Waals surface area contributed by atoms with Gasteiger partial charge in [-0.3, -0.25) is 4.79 Å². The van der Waals surface area contributed by atoms with E-state index in [1.807, 2.05) is 6.92 Å². The summed E-state index contributed by atoms with van der Waals surface area (Å²) < 4.78 is 12.9. The molecule has 2 unspecified atom stereocenters. The van der Waals surface area contributed by atoms with Crippen LogP contribution in [0.5, 0.6) is 0 Å². The standard InChI is InChI=1S/C17H25FN2O/c1-12(2)17(8-9-19-11-17)16(21)20-13(3)10-14-4-6-15(18)7-5-14/h4-7,12-13,19H,8-11H2,1-3H3,(H,20,21). The topological polar surface area (TPSA) is 41.1 Å². The Morgan fingerprint density at radius 1 is 1.33 bits per heavy atom. The molecule has 1 fully saturated rings. The molecular weight excluding hydrogens is 267 g/mol. The molecule has 1 heterocycles. The van der Waals surface area contributed by atoms with E-state index in [4.69, 9.17) is 0 Å². The molecule has 1 amide bonds. The fourth-order valence-electron chi connectivity index (χ4n) is 3.05. The highest BCUT2D eigenvalue weighted by Crippen LogP contribution is 2.34. The highest BCUT2D eigenvalue weighted by molar-refractivity contribution is 5.83. The number of hydrogen-bond acceptors (Lipinski definition) is 2. The number of halogens is 1. The number of carbonyl (C=O) groups is 1. The summed E-state index contributed by atoms with van der Waals surface area (Å²) in [5, 5.41) is 6.44. The Balaban J connectivity index is 1.96. The van der Waals surface area contributed by atoms with Gasteiger partial charge in [0.15, 0.2) is 0 Å². The summed E-state index contributed by atoms with van der Waals surface area (Å²) >= 11 is 0. The van der Waals surface area contributed by atoms with Gasteiger partial charge >= 0.3 is 0 Å². The smallest absolute Gasteiger partial charge is 0.228 e. The quantitative estimate of drug-likeness (QED) is 0.875. The van der Waals surface area contributed by atoms with E-state index in [0.29, 0.717) is 12.3 Å². The summed E-state index contributed by atoms with van der Waals surface area (Å²) in [6.45, 7) is 7.86. The summed E-state index contributed by atoms with van der Waals surface area (Å²) in [5.41, 5.74) is 0.740. The molecule has 1 aromatic rings. The van der Waals surface area contributed by atoms with Gasteiger partial charge in [-0.25, -0.2) is 4.39 Å². The van der Waals surface area contributed by atoms with Crippen LogP contribution in [0.25, 0.3) is 0 Å². The molecule has 0 spiro atoms. The van der Waals surface area contributed by atoms with Crippen LogP contribution in [-0.2, 0) is 11.2 Å². The third-order valence-electron chi connectivity index (χ3n) is 4.58. The first-order valence-corrected chi connectivity index (χ1v) is 7.70. The first kappa shape index (κ1) is 16.0. The predicted molar refractivity (Wildman–Crippen MR) is 82.5 cm³/mol. The first-order chi connectivity index (χ1) is 9.94. The van der Waals surface area contributed by atoms with Gasteiger partial charge in [-0.1, -0.05) is 26.0 Å². The molecular formula is C17H25FN2O. The maximum absolute atomic E-state index is 12.9. The van der Waals surface area contributed by atoms with Crippen LogP contribution in [0, 0.1) is 17.2 Å². The second kappa shape index (κ2) is 6.56. The average molecular weight is 292 g/mol. The fourth-order valence-corrected chi connectivity index (χ4v) is 3.05. The zero-order valence-electron chi connectivity index (χ0n) is 13.1. The van der Waals surface area contributed by atoms with Crippen LogP contribution in [0.3, 0.4) is 0 Å². The summed E-state index contributed by atoms with van der Waals surface area (Å²) in [6, 6.07) is 6.50. The molecule has 0 radical (unpaired) electrons. The van der Waals surface area contributed by atoms with Crippen molar-refractivity contribution in [2.75, 3.05) is 13.1 Å². The monoisotopic (exact) mass is 292 g/mol. The van der Waals surface area contributed by atoms with E-state index < -0.39 is 0 Å². The van der Waals surface area contributed by atoms with Gasteiger partial charge in [-0.2, -0.15) is 0 Å². The third kappa shape index (κ3) is 3.62. The molecule has 2 N–H and O–H groups in total. The highest BCUT2D eigenvalue weighted by Gasteiger charge is 2.44. The van der Waals surface area contributed by atoms with Crippen molar-refractivity contribution in [3.8, 4) is 0 Å². The molecule has 0 bridgehead atoms. The SMILES string of the molecule is CC(Cc1ccc(F)cc1)NC(=O)C1(C(C)C)CCNC1. The van der Waals surface area contributed by atoms with Crippen LogP contribution >= 0.6 is 0 Å². The number of benzene rings is 1. The van der Waals surface area contributed by atoms with Crippen LogP contribution in [0.2, 0.25) is 0 Å². The van der Waals surface area contributed by atoms with E-state index in [2.05, 4.69) is 24.5 Å². The molecule has 2 rings (SSSR count). The van der Waals surface area contributed by atoms with E-state index >= 15 is 0 Å².